The van der Waals surface area contributed by atoms with Gasteiger partial charge in [-0.25, -0.2) is 0 Å². The fourth-order valence-corrected chi connectivity index (χ4v) is 2.47. The molecule has 1 aliphatic rings. The summed E-state index contributed by atoms with van der Waals surface area (Å²) >= 11 is 5.81. The number of anilines is 1. The van der Waals surface area contributed by atoms with Crippen molar-refractivity contribution in [1.29, 1.82) is 0 Å². The normalized spacial score (nSPS) is 16.3. The molecule has 0 bridgehead atoms. The minimum Gasteiger partial charge on any atom is -0.385 e. The Morgan fingerprint density at radius 3 is 2.82 bits per heavy atom. The third kappa shape index (κ3) is 4.21. The maximum absolute atomic E-state index is 5.81. The van der Waals surface area contributed by atoms with Crippen LogP contribution in [0.1, 0.15) is 24.8 Å². The zero-order chi connectivity index (χ0) is 11.9. The summed E-state index contributed by atoms with van der Waals surface area (Å²) in [6.07, 6.45) is 3.97. The van der Waals surface area contributed by atoms with Crippen LogP contribution < -0.4 is 5.32 Å². The topological polar surface area (TPSA) is 15.3 Å². The molecule has 2 rings (SSSR count). The molecule has 0 unspecified atom stereocenters. The number of halogens is 1. The molecule has 0 aliphatic carbocycles. The number of nitrogens with zero attached hydrogens (tertiary/aromatic N) is 1. The molecule has 17 heavy (non-hydrogen) atoms. The van der Waals surface area contributed by atoms with E-state index in [1.165, 1.54) is 50.1 Å². The molecule has 1 aromatic carbocycles. The highest BCUT2D eigenvalue weighted by molar-refractivity contribution is 6.17. The van der Waals surface area contributed by atoms with Gasteiger partial charge in [-0.2, -0.15) is 0 Å². The molecule has 94 valence electrons. The lowest BCUT2D eigenvalue weighted by Crippen LogP contribution is -2.22. The van der Waals surface area contributed by atoms with E-state index in [4.69, 9.17) is 11.6 Å². The second-order valence-electron chi connectivity index (χ2n) is 4.66. The van der Waals surface area contributed by atoms with E-state index in [1.807, 2.05) is 0 Å². The first kappa shape index (κ1) is 12.7. The molecule has 0 saturated carbocycles. The Morgan fingerprint density at radius 1 is 1.24 bits per heavy atom. The van der Waals surface area contributed by atoms with Crippen LogP contribution in [-0.4, -0.2) is 31.1 Å². The Kier molecular flexibility index (Phi) is 5.14. The lowest BCUT2D eigenvalue weighted by atomic mass is 10.2. The Labute approximate surface area is 109 Å². The third-order valence-electron chi connectivity index (χ3n) is 3.26. The molecule has 3 heteroatoms. The molecule has 0 spiro atoms. The molecular weight excluding hydrogens is 232 g/mol. The number of hydrogen-bond acceptors (Lipinski definition) is 2. The van der Waals surface area contributed by atoms with Crippen LogP contribution in [0.15, 0.2) is 24.3 Å². The van der Waals surface area contributed by atoms with E-state index >= 15 is 0 Å². The SMILES string of the molecule is ClCc1cccc(NCCCN2CCCC2)c1. The first-order chi connectivity index (χ1) is 8.38. The number of benzene rings is 1. The lowest BCUT2D eigenvalue weighted by molar-refractivity contribution is 0.337. The first-order valence-corrected chi connectivity index (χ1v) is 7.03. The molecule has 2 nitrogen and oxygen atoms in total. The van der Waals surface area contributed by atoms with Crippen molar-refractivity contribution < 1.29 is 0 Å². The van der Waals surface area contributed by atoms with Crippen LogP contribution in [0.3, 0.4) is 0 Å². The summed E-state index contributed by atoms with van der Waals surface area (Å²) in [5.74, 6) is 0.587. The summed E-state index contributed by atoms with van der Waals surface area (Å²) in [7, 11) is 0. The zero-order valence-corrected chi connectivity index (χ0v) is 11.0. The molecule has 0 amide bonds. The molecule has 1 aromatic rings. The summed E-state index contributed by atoms with van der Waals surface area (Å²) < 4.78 is 0. The maximum atomic E-state index is 5.81. The summed E-state index contributed by atoms with van der Waals surface area (Å²) in [5.41, 5.74) is 2.36. The van der Waals surface area contributed by atoms with E-state index in [9.17, 15) is 0 Å². The van der Waals surface area contributed by atoms with Crippen LogP contribution in [-0.2, 0) is 5.88 Å². The van der Waals surface area contributed by atoms with E-state index < -0.39 is 0 Å². The van der Waals surface area contributed by atoms with Crippen LogP contribution >= 0.6 is 11.6 Å². The average Bonchev–Trinajstić information content (AvgIpc) is 2.88. The largest absolute Gasteiger partial charge is 0.385 e. The highest BCUT2D eigenvalue weighted by Crippen LogP contribution is 2.12. The first-order valence-electron chi connectivity index (χ1n) is 6.49. The van der Waals surface area contributed by atoms with Crippen molar-refractivity contribution in [3.05, 3.63) is 29.8 Å². The Bertz CT molecular complexity index is 335. The Hall–Kier alpha value is -0.730. The van der Waals surface area contributed by atoms with Gasteiger partial charge < -0.3 is 10.2 Å². The number of nitrogens with one attached hydrogen (secondary N) is 1. The lowest BCUT2D eigenvalue weighted by Gasteiger charge is -2.14. The van der Waals surface area contributed by atoms with E-state index in [0.717, 1.165) is 6.54 Å². The molecule has 1 fully saturated rings. The Morgan fingerprint density at radius 2 is 2.06 bits per heavy atom. The summed E-state index contributed by atoms with van der Waals surface area (Å²) in [6.45, 7) is 4.86. The molecule has 0 aromatic heterocycles. The maximum Gasteiger partial charge on any atom is 0.0474 e. The fourth-order valence-electron chi connectivity index (χ4n) is 2.31. The van der Waals surface area contributed by atoms with Gasteiger partial charge in [-0.1, -0.05) is 12.1 Å². The minimum atomic E-state index is 0.587. The number of rotatable bonds is 6. The van der Waals surface area contributed by atoms with Gasteiger partial charge in [0.2, 0.25) is 0 Å². The van der Waals surface area contributed by atoms with Crippen LogP contribution in [0.2, 0.25) is 0 Å². The molecule has 0 radical (unpaired) electrons. The standard InChI is InChI=1S/C14H21ClN2/c15-12-13-5-3-6-14(11-13)16-7-4-10-17-8-1-2-9-17/h3,5-6,11,16H,1-2,4,7-10,12H2. The van der Waals surface area contributed by atoms with Crippen molar-refractivity contribution >= 4 is 17.3 Å². The van der Waals surface area contributed by atoms with Gasteiger partial charge in [0.1, 0.15) is 0 Å². The summed E-state index contributed by atoms with van der Waals surface area (Å²) in [4.78, 5) is 2.55. The predicted octanol–water partition coefficient (Wildman–Crippen LogP) is 3.32. The average molecular weight is 253 g/mol. The van der Waals surface area contributed by atoms with Gasteiger partial charge in [-0.3, -0.25) is 0 Å². The van der Waals surface area contributed by atoms with Gasteiger partial charge >= 0.3 is 0 Å². The molecule has 1 saturated heterocycles. The van der Waals surface area contributed by atoms with E-state index in [0.29, 0.717) is 5.88 Å². The molecule has 1 heterocycles. The molecule has 0 atom stereocenters. The molecular formula is C14H21ClN2. The predicted molar refractivity (Wildman–Crippen MR) is 74.8 cm³/mol. The third-order valence-corrected chi connectivity index (χ3v) is 3.57. The summed E-state index contributed by atoms with van der Waals surface area (Å²) in [6, 6.07) is 8.34. The van der Waals surface area contributed by atoms with Gasteiger partial charge in [0, 0.05) is 18.1 Å². The van der Waals surface area contributed by atoms with Gasteiger partial charge in [0.25, 0.3) is 0 Å². The second-order valence-corrected chi connectivity index (χ2v) is 4.93. The van der Waals surface area contributed by atoms with E-state index in [1.54, 1.807) is 0 Å². The van der Waals surface area contributed by atoms with Gasteiger partial charge in [0.15, 0.2) is 0 Å². The van der Waals surface area contributed by atoms with E-state index in [2.05, 4.69) is 34.5 Å². The van der Waals surface area contributed by atoms with Crippen molar-refractivity contribution in [2.75, 3.05) is 31.5 Å². The van der Waals surface area contributed by atoms with E-state index in [-0.39, 0.29) is 0 Å². The van der Waals surface area contributed by atoms with Crippen molar-refractivity contribution in [1.82, 2.24) is 4.90 Å². The van der Waals surface area contributed by atoms with Gasteiger partial charge in [-0.05, 0) is 56.6 Å². The van der Waals surface area contributed by atoms with Crippen LogP contribution in [0, 0.1) is 0 Å². The molecule has 1 aliphatic heterocycles. The highest BCUT2D eigenvalue weighted by Gasteiger charge is 2.09. The summed E-state index contributed by atoms with van der Waals surface area (Å²) in [5, 5.41) is 3.46. The Balaban J connectivity index is 1.66. The van der Waals surface area contributed by atoms with Crippen molar-refractivity contribution in [3.8, 4) is 0 Å². The smallest absolute Gasteiger partial charge is 0.0474 e. The zero-order valence-electron chi connectivity index (χ0n) is 10.3. The van der Waals surface area contributed by atoms with Gasteiger partial charge in [-0.15, -0.1) is 11.6 Å². The molecule has 1 N–H and O–H groups in total. The number of likely N-dealkylation sites (tertiary alicyclic amines) is 1. The van der Waals surface area contributed by atoms with Crippen LogP contribution in [0.25, 0.3) is 0 Å². The minimum absolute atomic E-state index is 0.587. The number of hydrogen-bond donors (Lipinski definition) is 1. The monoisotopic (exact) mass is 252 g/mol. The van der Waals surface area contributed by atoms with Crippen molar-refractivity contribution in [2.45, 2.75) is 25.1 Å². The number of alkyl halides is 1. The second kappa shape index (κ2) is 6.87. The quantitative estimate of drug-likeness (QED) is 0.617. The van der Waals surface area contributed by atoms with Crippen LogP contribution in [0.5, 0.6) is 0 Å². The van der Waals surface area contributed by atoms with Crippen molar-refractivity contribution in [2.24, 2.45) is 0 Å². The van der Waals surface area contributed by atoms with Gasteiger partial charge in [0.05, 0.1) is 0 Å². The highest BCUT2D eigenvalue weighted by atomic mass is 35.5. The van der Waals surface area contributed by atoms with Crippen LogP contribution in [0.4, 0.5) is 5.69 Å². The van der Waals surface area contributed by atoms with Crippen molar-refractivity contribution in [3.63, 3.8) is 0 Å². The fraction of sp³-hybridized carbons (Fsp3) is 0.571.